The largest absolute Gasteiger partial charge is 0.486 e. The van der Waals surface area contributed by atoms with Gasteiger partial charge in [0.2, 0.25) is 0 Å². The lowest BCUT2D eigenvalue weighted by Crippen LogP contribution is -2.03. The van der Waals surface area contributed by atoms with E-state index in [9.17, 15) is 0 Å². The van der Waals surface area contributed by atoms with Crippen molar-refractivity contribution in [2.75, 3.05) is 0 Å². The number of ether oxygens (including phenoxy) is 1. The Morgan fingerprint density at radius 2 is 2.04 bits per heavy atom. The van der Waals surface area contributed by atoms with Crippen molar-refractivity contribution in [1.82, 2.24) is 10.2 Å². The molecule has 1 saturated carbocycles. The van der Waals surface area contributed by atoms with E-state index in [1.807, 2.05) is 24.3 Å². The minimum absolute atomic E-state index is 0.0708. The molecule has 1 heterocycles. The molecule has 1 fully saturated rings. The van der Waals surface area contributed by atoms with Crippen molar-refractivity contribution in [3.05, 3.63) is 58.8 Å². The number of nitrogens with one attached hydrogen (secondary N) is 1. The minimum Gasteiger partial charge on any atom is -0.486 e. The van der Waals surface area contributed by atoms with Crippen LogP contribution in [-0.4, -0.2) is 10.2 Å². The first-order valence-electron chi connectivity index (χ1n) is 8.49. The maximum Gasteiger partial charge on any atom is 0.124 e. The average molecular weight is 315 g/mol. The molecule has 4 heteroatoms. The molecule has 2 aliphatic rings. The SMILES string of the molecule is N#Cc1ccc2c(c1)CC[C@@H]2Oc1ccc2[nH]nc(C3CC3)c2c1. The number of hydrogen-bond donors (Lipinski definition) is 1. The predicted molar refractivity (Wildman–Crippen MR) is 90.9 cm³/mol. The Hall–Kier alpha value is -2.80. The van der Waals surface area contributed by atoms with Crippen LogP contribution in [0.5, 0.6) is 5.75 Å². The molecule has 5 rings (SSSR count). The Morgan fingerprint density at radius 1 is 1.12 bits per heavy atom. The van der Waals surface area contributed by atoms with Crippen LogP contribution < -0.4 is 4.74 Å². The van der Waals surface area contributed by atoms with Crippen LogP contribution in [0.4, 0.5) is 0 Å². The van der Waals surface area contributed by atoms with Gasteiger partial charge in [0.25, 0.3) is 0 Å². The van der Waals surface area contributed by atoms with Gasteiger partial charge in [0.1, 0.15) is 11.9 Å². The summed E-state index contributed by atoms with van der Waals surface area (Å²) in [7, 11) is 0. The number of nitriles is 1. The van der Waals surface area contributed by atoms with Crippen molar-refractivity contribution >= 4 is 10.9 Å². The summed E-state index contributed by atoms with van der Waals surface area (Å²) >= 11 is 0. The molecule has 24 heavy (non-hydrogen) atoms. The summed E-state index contributed by atoms with van der Waals surface area (Å²) in [6.45, 7) is 0. The molecule has 1 N–H and O–H groups in total. The fourth-order valence-electron chi connectivity index (χ4n) is 3.69. The Bertz CT molecular complexity index is 978. The summed E-state index contributed by atoms with van der Waals surface area (Å²) in [6.07, 6.45) is 4.48. The second kappa shape index (κ2) is 5.10. The van der Waals surface area contributed by atoms with E-state index >= 15 is 0 Å². The molecule has 0 saturated heterocycles. The monoisotopic (exact) mass is 315 g/mol. The van der Waals surface area contributed by atoms with E-state index < -0.39 is 0 Å². The normalized spacial score (nSPS) is 19.2. The van der Waals surface area contributed by atoms with Crippen LogP contribution in [-0.2, 0) is 6.42 Å². The van der Waals surface area contributed by atoms with Gasteiger partial charge in [0.15, 0.2) is 0 Å². The summed E-state index contributed by atoms with van der Waals surface area (Å²) in [6, 6.07) is 14.3. The third kappa shape index (κ3) is 2.16. The number of aromatic amines is 1. The van der Waals surface area contributed by atoms with Gasteiger partial charge in [-0.25, -0.2) is 0 Å². The number of nitrogens with zero attached hydrogens (tertiary/aromatic N) is 2. The maximum absolute atomic E-state index is 9.04. The highest BCUT2D eigenvalue weighted by molar-refractivity contribution is 5.83. The number of hydrogen-bond acceptors (Lipinski definition) is 3. The van der Waals surface area contributed by atoms with Gasteiger partial charge in [-0.05, 0) is 67.1 Å². The summed E-state index contributed by atoms with van der Waals surface area (Å²) in [5.41, 5.74) is 5.43. The third-order valence-electron chi connectivity index (χ3n) is 5.10. The molecule has 4 nitrogen and oxygen atoms in total. The Balaban J connectivity index is 1.46. The molecule has 3 aromatic rings. The van der Waals surface area contributed by atoms with Crippen LogP contribution in [0.1, 0.15) is 53.7 Å². The molecule has 118 valence electrons. The van der Waals surface area contributed by atoms with Gasteiger partial charge < -0.3 is 4.74 Å². The van der Waals surface area contributed by atoms with E-state index in [4.69, 9.17) is 10.00 Å². The summed E-state index contributed by atoms with van der Waals surface area (Å²) in [5.74, 6) is 1.51. The Kier molecular flexibility index (Phi) is 2.90. The zero-order chi connectivity index (χ0) is 16.1. The number of benzene rings is 2. The first-order valence-corrected chi connectivity index (χ1v) is 8.49. The van der Waals surface area contributed by atoms with Crippen LogP contribution in [0, 0.1) is 11.3 Å². The second-order valence-electron chi connectivity index (χ2n) is 6.76. The lowest BCUT2D eigenvalue weighted by atomic mass is 10.1. The van der Waals surface area contributed by atoms with E-state index in [0.717, 1.165) is 29.7 Å². The van der Waals surface area contributed by atoms with Crippen LogP contribution >= 0.6 is 0 Å². The molecular weight excluding hydrogens is 298 g/mol. The van der Waals surface area contributed by atoms with E-state index in [1.54, 1.807) is 0 Å². The third-order valence-corrected chi connectivity index (χ3v) is 5.10. The number of rotatable bonds is 3. The molecule has 0 unspecified atom stereocenters. The van der Waals surface area contributed by atoms with Gasteiger partial charge in [-0.2, -0.15) is 10.4 Å². The highest BCUT2D eigenvalue weighted by atomic mass is 16.5. The number of fused-ring (bicyclic) bond motifs is 2. The molecule has 0 spiro atoms. The van der Waals surface area contributed by atoms with Gasteiger partial charge in [-0.1, -0.05) is 6.07 Å². The maximum atomic E-state index is 9.04. The van der Waals surface area contributed by atoms with E-state index in [2.05, 4.69) is 28.4 Å². The first-order chi connectivity index (χ1) is 11.8. The summed E-state index contributed by atoms with van der Waals surface area (Å²) in [4.78, 5) is 0. The lowest BCUT2D eigenvalue weighted by Gasteiger charge is -2.15. The lowest BCUT2D eigenvalue weighted by molar-refractivity contribution is 0.208. The molecule has 2 aliphatic carbocycles. The average Bonchev–Trinajstić information content (AvgIpc) is 3.25. The molecule has 0 bridgehead atoms. The van der Waals surface area contributed by atoms with Gasteiger partial charge in [-0.3, -0.25) is 5.10 Å². The number of aryl methyl sites for hydroxylation is 1. The van der Waals surface area contributed by atoms with Crippen molar-refractivity contribution in [3.8, 4) is 11.8 Å². The van der Waals surface area contributed by atoms with E-state index in [0.29, 0.717) is 5.92 Å². The van der Waals surface area contributed by atoms with Gasteiger partial charge in [-0.15, -0.1) is 0 Å². The topological polar surface area (TPSA) is 61.7 Å². The molecule has 0 aliphatic heterocycles. The van der Waals surface area contributed by atoms with Crippen molar-refractivity contribution in [2.24, 2.45) is 0 Å². The van der Waals surface area contributed by atoms with Gasteiger partial charge in [0.05, 0.1) is 22.8 Å². The Labute approximate surface area is 140 Å². The van der Waals surface area contributed by atoms with Crippen molar-refractivity contribution in [1.29, 1.82) is 5.26 Å². The van der Waals surface area contributed by atoms with Crippen molar-refractivity contribution in [2.45, 2.75) is 37.7 Å². The van der Waals surface area contributed by atoms with Crippen molar-refractivity contribution < 1.29 is 4.74 Å². The van der Waals surface area contributed by atoms with E-state index in [1.165, 1.54) is 35.0 Å². The standard InChI is InChI=1S/C20H17N3O/c21-11-12-1-6-16-14(9-12)4-8-19(16)24-15-5-7-18-17(10-15)20(23-22-18)13-2-3-13/h1,5-7,9-10,13,19H,2-4,8H2,(H,22,23)/t19-/m0/s1. The molecule has 1 aromatic heterocycles. The fraction of sp³-hybridized carbons (Fsp3) is 0.300. The molecular formula is C20H17N3O. The highest BCUT2D eigenvalue weighted by Gasteiger charge is 2.28. The minimum atomic E-state index is 0.0708. The quantitative estimate of drug-likeness (QED) is 0.780. The van der Waals surface area contributed by atoms with Crippen LogP contribution in [0.25, 0.3) is 10.9 Å². The zero-order valence-electron chi connectivity index (χ0n) is 13.2. The first kappa shape index (κ1) is 13.6. The van der Waals surface area contributed by atoms with Gasteiger partial charge in [0, 0.05) is 11.3 Å². The number of aromatic nitrogens is 2. The Morgan fingerprint density at radius 3 is 2.88 bits per heavy atom. The molecule has 0 amide bonds. The molecule has 2 aromatic carbocycles. The van der Waals surface area contributed by atoms with Crippen molar-refractivity contribution in [3.63, 3.8) is 0 Å². The second-order valence-corrected chi connectivity index (χ2v) is 6.76. The predicted octanol–water partition coefficient (Wildman–Crippen LogP) is 4.38. The smallest absolute Gasteiger partial charge is 0.124 e. The highest BCUT2D eigenvalue weighted by Crippen LogP contribution is 2.43. The van der Waals surface area contributed by atoms with Gasteiger partial charge >= 0.3 is 0 Å². The fourth-order valence-corrected chi connectivity index (χ4v) is 3.69. The zero-order valence-corrected chi connectivity index (χ0v) is 13.2. The van der Waals surface area contributed by atoms with Crippen LogP contribution in [0.3, 0.4) is 0 Å². The van der Waals surface area contributed by atoms with E-state index in [-0.39, 0.29) is 6.10 Å². The molecule has 0 radical (unpaired) electrons. The summed E-state index contributed by atoms with van der Waals surface area (Å²) < 4.78 is 6.28. The number of H-pyrrole nitrogens is 1. The van der Waals surface area contributed by atoms with Crippen LogP contribution in [0.15, 0.2) is 36.4 Å². The summed E-state index contributed by atoms with van der Waals surface area (Å²) in [5, 5.41) is 17.8. The molecule has 1 atom stereocenters. The van der Waals surface area contributed by atoms with Crippen LogP contribution in [0.2, 0.25) is 0 Å².